The third-order valence-corrected chi connectivity index (χ3v) is 3.15. The van der Waals surface area contributed by atoms with Crippen molar-refractivity contribution in [3.8, 4) is 11.5 Å². The maximum absolute atomic E-state index is 11.1. The fourth-order valence-electron chi connectivity index (χ4n) is 2.31. The zero-order valence-electron chi connectivity index (χ0n) is 10.7. The summed E-state index contributed by atoms with van der Waals surface area (Å²) in [6, 6.07) is 5.13. The van der Waals surface area contributed by atoms with Gasteiger partial charge in [0.05, 0.1) is 5.56 Å². The van der Waals surface area contributed by atoms with Crippen LogP contribution in [0.4, 0.5) is 0 Å². The number of aromatic hydroxyl groups is 2. The molecule has 0 saturated heterocycles. The lowest BCUT2D eigenvalue weighted by molar-refractivity contribution is 0.112. The summed E-state index contributed by atoms with van der Waals surface area (Å²) < 4.78 is 0. The second-order valence-electron chi connectivity index (χ2n) is 4.88. The molecule has 0 amide bonds. The predicted molar refractivity (Wildman–Crippen MR) is 71.5 cm³/mol. The van der Waals surface area contributed by atoms with Crippen molar-refractivity contribution < 1.29 is 15.0 Å². The molecule has 0 radical (unpaired) electrons. The highest BCUT2D eigenvalue weighted by atomic mass is 16.3. The molecule has 0 aliphatic carbocycles. The van der Waals surface area contributed by atoms with Gasteiger partial charge in [-0.3, -0.25) is 4.79 Å². The number of hydrogen-bond donors (Lipinski definition) is 2. The van der Waals surface area contributed by atoms with E-state index in [4.69, 9.17) is 0 Å². The number of aryl methyl sites for hydroxylation is 1. The van der Waals surface area contributed by atoms with Gasteiger partial charge in [0.2, 0.25) is 0 Å². The topological polar surface area (TPSA) is 57.5 Å². The molecule has 0 atom stereocenters. The fraction of sp³-hybridized carbons (Fsp3) is 0.267. The van der Waals surface area contributed by atoms with Gasteiger partial charge in [0.1, 0.15) is 11.5 Å². The zero-order chi connectivity index (χ0) is 13.4. The number of hydrogen-bond acceptors (Lipinski definition) is 3. The average molecular weight is 244 g/mol. The van der Waals surface area contributed by atoms with Crippen molar-refractivity contribution in [1.82, 2.24) is 0 Å². The minimum atomic E-state index is -0.0830. The van der Waals surface area contributed by atoms with Crippen LogP contribution >= 0.6 is 0 Å². The van der Waals surface area contributed by atoms with E-state index in [1.807, 2.05) is 26.8 Å². The van der Waals surface area contributed by atoms with Crippen LogP contribution < -0.4 is 0 Å². The molecule has 18 heavy (non-hydrogen) atoms. The van der Waals surface area contributed by atoms with E-state index in [1.165, 1.54) is 0 Å². The Morgan fingerprint density at radius 2 is 1.78 bits per heavy atom. The van der Waals surface area contributed by atoms with Gasteiger partial charge < -0.3 is 10.2 Å². The monoisotopic (exact) mass is 244 g/mol. The molecule has 0 bridgehead atoms. The van der Waals surface area contributed by atoms with Crippen LogP contribution in [-0.2, 0) is 0 Å². The van der Waals surface area contributed by atoms with Gasteiger partial charge in [0.25, 0.3) is 0 Å². The first-order valence-electron chi connectivity index (χ1n) is 5.90. The summed E-state index contributed by atoms with van der Waals surface area (Å²) >= 11 is 0. The molecule has 94 valence electrons. The molecule has 0 aliphatic heterocycles. The van der Waals surface area contributed by atoms with Crippen LogP contribution in [0.2, 0.25) is 0 Å². The average Bonchev–Trinajstić information content (AvgIpc) is 2.28. The molecular weight excluding hydrogens is 228 g/mol. The Morgan fingerprint density at radius 3 is 2.33 bits per heavy atom. The van der Waals surface area contributed by atoms with Crippen LogP contribution in [0.5, 0.6) is 11.5 Å². The van der Waals surface area contributed by atoms with Gasteiger partial charge in [0, 0.05) is 5.39 Å². The quantitative estimate of drug-likeness (QED) is 0.795. The van der Waals surface area contributed by atoms with E-state index in [9.17, 15) is 15.0 Å². The predicted octanol–water partition coefficient (Wildman–Crippen LogP) is 3.50. The molecule has 2 aromatic carbocycles. The number of phenolic OH excluding ortho intramolecular Hbond substituents is 2. The Bertz CT molecular complexity index is 627. The van der Waals surface area contributed by atoms with Gasteiger partial charge in [-0.05, 0) is 41.5 Å². The van der Waals surface area contributed by atoms with Gasteiger partial charge in [-0.15, -0.1) is 0 Å². The van der Waals surface area contributed by atoms with E-state index < -0.39 is 0 Å². The first kappa shape index (κ1) is 12.4. The van der Waals surface area contributed by atoms with Crippen molar-refractivity contribution in [2.24, 2.45) is 0 Å². The molecule has 0 fully saturated rings. The third kappa shape index (κ3) is 1.82. The summed E-state index contributed by atoms with van der Waals surface area (Å²) in [4.78, 5) is 11.1. The second kappa shape index (κ2) is 4.33. The molecule has 2 N–H and O–H groups in total. The minimum absolute atomic E-state index is 0.0323. The standard InChI is InChI=1S/C15H16O3/c1-8(2)10-6-13(17)12(7-16)15-11(10)4-9(3)5-14(15)18/h4-8,17-18H,1-3H3. The highest BCUT2D eigenvalue weighted by molar-refractivity contribution is 6.05. The summed E-state index contributed by atoms with van der Waals surface area (Å²) in [5, 5.41) is 21.2. The molecular formula is C15H16O3. The molecule has 3 nitrogen and oxygen atoms in total. The largest absolute Gasteiger partial charge is 0.507 e. The van der Waals surface area contributed by atoms with Crippen LogP contribution in [0.25, 0.3) is 10.8 Å². The van der Waals surface area contributed by atoms with E-state index >= 15 is 0 Å². The van der Waals surface area contributed by atoms with Gasteiger partial charge in [-0.1, -0.05) is 19.9 Å². The highest BCUT2D eigenvalue weighted by Crippen LogP contribution is 2.38. The molecule has 0 aromatic heterocycles. The molecule has 0 spiro atoms. The van der Waals surface area contributed by atoms with Crippen molar-refractivity contribution in [3.63, 3.8) is 0 Å². The van der Waals surface area contributed by atoms with Gasteiger partial charge in [-0.2, -0.15) is 0 Å². The number of aldehydes is 1. The van der Waals surface area contributed by atoms with E-state index in [1.54, 1.807) is 12.1 Å². The number of carbonyl (C=O) groups is 1. The Kier molecular flexibility index (Phi) is 2.99. The molecule has 2 aromatic rings. The van der Waals surface area contributed by atoms with Crippen molar-refractivity contribution in [2.75, 3.05) is 0 Å². The van der Waals surface area contributed by atoms with Crippen LogP contribution in [0.3, 0.4) is 0 Å². The van der Waals surface area contributed by atoms with Crippen molar-refractivity contribution in [1.29, 1.82) is 0 Å². The summed E-state index contributed by atoms with van der Waals surface area (Å²) in [6.07, 6.45) is 0.580. The number of carbonyl (C=O) groups excluding carboxylic acids is 1. The highest BCUT2D eigenvalue weighted by Gasteiger charge is 2.16. The molecule has 0 aliphatic rings. The normalized spacial score (nSPS) is 11.1. The molecule has 0 saturated carbocycles. The molecule has 2 rings (SSSR count). The third-order valence-electron chi connectivity index (χ3n) is 3.15. The van der Waals surface area contributed by atoms with E-state index in [0.717, 1.165) is 16.5 Å². The van der Waals surface area contributed by atoms with Crippen molar-refractivity contribution >= 4 is 17.1 Å². The lowest BCUT2D eigenvalue weighted by Crippen LogP contribution is -1.95. The number of fused-ring (bicyclic) bond motifs is 1. The van der Waals surface area contributed by atoms with E-state index in [-0.39, 0.29) is 23.0 Å². The SMILES string of the molecule is Cc1cc(O)c2c(C=O)c(O)cc(C(C)C)c2c1. The molecule has 0 unspecified atom stereocenters. The van der Waals surface area contributed by atoms with Crippen LogP contribution in [-0.4, -0.2) is 16.5 Å². The Labute approximate surface area is 106 Å². The van der Waals surface area contributed by atoms with Crippen LogP contribution in [0.1, 0.15) is 41.3 Å². The molecule has 0 heterocycles. The number of phenols is 2. The summed E-state index contributed by atoms with van der Waals surface area (Å²) in [6.45, 7) is 5.90. The number of benzene rings is 2. The van der Waals surface area contributed by atoms with Gasteiger partial charge in [-0.25, -0.2) is 0 Å². The lowest BCUT2D eigenvalue weighted by atomic mass is 9.91. The Morgan fingerprint density at radius 1 is 1.11 bits per heavy atom. The maximum atomic E-state index is 11.1. The van der Waals surface area contributed by atoms with Crippen LogP contribution in [0.15, 0.2) is 18.2 Å². The second-order valence-corrected chi connectivity index (χ2v) is 4.88. The first-order chi connectivity index (χ1) is 8.45. The maximum Gasteiger partial charge on any atom is 0.154 e. The van der Waals surface area contributed by atoms with Crippen LogP contribution in [0, 0.1) is 6.92 Å². The Hall–Kier alpha value is -2.03. The van der Waals surface area contributed by atoms with Crippen molar-refractivity contribution in [3.05, 3.63) is 34.9 Å². The first-order valence-corrected chi connectivity index (χ1v) is 5.90. The van der Waals surface area contributed by atoms with E-state index in [0.29, 0.717) is 11.7 Å². The zero-order valence-corrected chi connectivity index (χ0v) is 10.7. The van der Waals surface area contributed by atoms with Gasteiger partial charge >= 0.3 is 0 Å². The summed E-state index contributed by atoms with van der Waals surface area (Å²) in [5.41, 5.74) is 1.99. The lowest BCUT2D eigenvalue weighted by Gasteiger charge is -2.15. The van der Waals surface area contributed by atoms with Gasteiger partial charge in [0.15, 0.2) is 6.29 Å². The minimum Gasteiger partial charge on any atom is -0.507 e. The Balaban J connectivity index is 3.02. The summed E-state index contributed by atoms with van der Waals surface area (Å²) in [5.74, 6) is 0.144. The fourth-order valence-corrected chi connectivity index (χ4v) is 2.31. The smallest absolute Gasteiger partial charge is 0.154 e. The number of rotatable bonds is 2. The summed E-state index contributed by atoms with van der Waals surface area (Å²) in [7, 11) is 0. The van der Waals surface area contributed by atoms with E-state index in [2.05, 4.69) is 0 Å². The van der Waals surface area contributed by atoms with Crippen molar-refractivity contribution in [2.45, 2.75) is 26.7 Å². The molecule has 3 heteroatoms.